The van der Waals surface area contributed by atoms with Gasteiger partial charge in [-0.05, 0) is 18.2 Å². The number of anilines is 2. The van der Waals surface area contributed by atoms with Crippen LogP contribution in [0.25, 0.3) is 10.2 Å². The van der Waals surface area contributed by atoms with Crippen LogP contribution in [0.1, 0.15) is 5.76 Å². The molecule has 3 aromatic rings. The highest BCUT2D eigenvalue weighted by molar-refractivity contribution is 7.22. The van der Waals surface area contributed by atoms with Gasteiger partial charge < -0.3 is 9.32 Å². The summed E-state index contributed by atoms with van der Waals surface area (Å²) in [5.41, 5.74) is 3.90. The van der Waals surface area contributed by atoms with E-state index in [-0.39, 0.29) is 0 Å². The van der Waals surface area contributed by atoms with Crippen LogP contribution in [-0.2, 0) is 0 Å². The number of hydrazone groups is 1. The Labute approximate surface area is 120 Å². The Balaban J connectivity index is 1.70. The van der Waals surface area contributed by atoms with Crippen LogP contribution in [-0.4, -0.2) is 25.3 Å². The third-order valence-corrected chi connectivity index (χ3v) is 3.64. The summed E-state index contributed by atoms with van der Waals surface area (Å²) in [6, 6.07) is 11.8. The smallest absolute Gasteiger partial charge is 0.204 e. The molecule has 1 aromatic carbocycles. The first-order valence-corrected chi connectivity index (χ1v) is 6.96. The first-order chi connectivity index (χ1) is 9.72. The Morgan fingerprint density at radius 3 is 2.85 bits per heavy atom. The summed E-state index contributed by atoms with van der Waals surface area (Å²) < 4.78 is 6.70. The molecule has 0 spiro atoms. The quantitative estimate of drug-likeness (QED) is 0.590. The van der Waals surface area contributed by atoms with E-state index in [9.17, 15) is 0 Å². The van der Waals surface area contributed by atoms with Crippen LogP contribution in [0.15, 0.2) is 45.9 Å². The van der Waals surface area contributed by atoms with Gasteiger partial charge >= 0.3 is 0 Å². The molecule has 2 heterocycles. The standard InChI is InChI=1S/C14H14N4OS/c1-18(2)13-8-7-10(19-13)9-15-17-14-16-11-5-3-4-6-12(11)20-14/h3-9H,1-2H3,(H,16,17)/b15-9-. The second-order valence-corrected chi connectivity index (χ2v) is 5.46. The molecule has 0 atom stereocenters. The van der Waals surface area contributed by atoms with Crippen molar-refractivity contribution in [2.45, 2.75) is 0 Å². The van der Waals surface area contributed by atoms with Crippen molar-refractivity contribution < 1.29 is 4.42 Å². The Morgan fingerprint density at radius 2 is 2.10 bits per heavy atom. The van der Waals surface area contributed by atoms with Crippen LogP contribution in [0, 0.1) is 0 Å². The molecule has 0 saturated heterocycles. The molecule has 0 aliphatic rings. The maximum Gasteiger partial charge on any atom is 0.204 e. The molecule has 102 valence electrons. The minimum absolute atomic E-state index is 0.697. The van der Waals surface area contributed by atoms with Crippen molar-refractivity contribution in [2.24, 2.45) is 5.10 Å². The van der Waals surface area contributed by atoms with E-state index in [0.717, 1.165) is 21.2 Å². The monoisotopic (exact) mass is 286 g/mol. The highest BCUT2D eigenvalue weighted by atomic mass is 32.1. The fourth-order valence-electron chi connectivity index (χ4n) is 1.72. The fourth-order valence-corrected chi connectivity index (χ4v) is 2.54. The molecule has 0 unspecified atom stereocenters. The van der Waals surface area contributed by atoms with Gasteiger partial charge in [0.1, 0.15) is 5.76 Å². The number of rotatable bonds is 4. The molecule has 5 nitrogen and oxygen atoms in total. The van der Waals surface area contributed by atoms with Crippen LogP contribution >= 0.6 is 11.3 Å². The normalized spacial score (nSPS) is 11.3. The first kappa shape index (κ1) is 12.7. The van der Waals surface area contributed by atoms with E-state index in [1.54, 1.807) is 17.6 Å². The van der Waals surface area contributed by atoms with Gasteiger partial charge in [0.15, 0.2) is 5.88 Å². The summed E-state index contributed by atoms with van der Waals surface area (Å²) in [7, 11) is 3.86. The molecule has 2 aromatic heterocycles. The predicted octanol–water partition coefficient (Wildman–Crippen LogP) is 3.40. The van der Waals surface area contributed by atoms with Crippen molar-refractivity contribution in [3.8, 4) is 0 Å². The minimum atomic E-state index is 0.697. The lowest BCUT2D eigenvalue weighted by molar-refractivity contribution is 0.558. The maximum absolute atomic E-state index is 5.56. The number of aromatic nitrogens is 1. The first-order valence-electron chi connectivity index (χ1n) is 6.14. The zero-order valence-electron chi connectivity index (χ0n) is 11.2. The lowest BCUT2D eigenvalue weighted by Crippen LogP contribution is -2.06. The number of thiazole rings is 1. The van der Waals surface area contributed by atoms with Gasteiger partial charge in [-0.3, -0.25) is 5.43 Å². The topological polar surface area (TPSA) is 53.7 Å². The third kappa shape index (κ3) is 2.65. The molecule has 0 aliphatic carbocycles. The molecule has 20 heavy (non-hydrogen) atoms. The van der Waals surface area contributed by atoms with Gasteiger partial charge in [0.2, 0.25) is 5.13 Å². The van der Waals surface area contributed by atoms with Crippen LogP contribution in [0.4, 0.5) is 11.0 Å². The molecular formula is C14H14N4OS. The summed E-state index contributed by atoms with van der Waals surface area (Å²) in [5.74, 6) is 1.49. The molecular weight excluding hydrogens is 272 g/mol. The average Bonchev–Trinajstić information content (AvgIpc) is 3.04. The SMILES string of the molecule is CN(C)c1ccc(/C=N\Nc2nc3ccccc3s2)o1. The number of furan rings is 1. The molecule has 0 amide bonds. The number of hydrogen-bond donors (Lipinski definition) is 1. The van der Waals surface area contributed by atoms with E-state index in [4.69, 9.17) is 4.42 Å². The van der Waals surface area contributed by atoms with E-state index in [1.165, 1.54) is 0 Å². The molecule has 0 aliphatic heterocycles. The number of benzene rings is 1. The van der Waals surface area contributed by atoms with Gasteiger partial charge in [-0.15, -0.1) is 0 Å². The van der Waals surface area contributed by atoms with Crippen LogP contribution in [0.5, 0.6) is 0 Å². The molecule has 0 saturated carbocycles. The van der Waals surface area contributed by atoms with E-state index < -0.39 is 0 Å². The lowest BCUT2D eigenvalue weighted by atomic mass is 10.3. The average molecular weight is 286 g/mol. The van der Waals surface area contributed by atoms with Crippen molar-refractivity contribution in [2.75, 3.05) is 24.4 Å². The summed E-state index contributed by atoms with van der Waals surface area (Å²) in [6.45, 7) is 0. The van der Waals surface area contributed by atoms with Gasteiger partial charge in [0.05, 0.1) is 16.4 Å². The Morgan fingerprint density at radius 1 is 1.25 bits per heavy atom. The van der Waals surface area contributed by atoms with Gasteiger partial charge in [-0.2, -0.15) is 5.10 Å². The van der Waals surface area contributed by atoms with Crippen LogP contribution in [0.3, 0.4) is 0 Å². The Kier molecular flexibility index (Phi) is 3.39. The Hall–Kier alpha value is -2.34. The van der Waals surface area contributed by atoms with E-state index in [0.29, 0.717) is 5.76 Å². The maximum atomic E-state index is 5.56. The summed E-state index contributed by atoms with van der Waals surface area (Å²) in [5, 5.41) is 4.91. The molecule has 3 rings (SSSR count). The van der Waals surface area contributed by atoms with Crippen molar-refractivity contribution in [3.63, 3.8) is 0 Å². The lowest BCUT2D eigenvalue weighted by Gasteiger charge is -2.05. The van der Waals surface area contributed by atoms with Crippen molar-refractivity contribution in [3.05, 3.63) is 42.2 Å². The van der Waals surface area contributed by atoms with E-state index >= 15 is 0 Å². The largest absolute Gasteiger partial charge is 0.440 e. The van der Waals surface area contributed by atoms with Crippen molar-refractivity contribution in [1.29, 1.82) is 0 Å². The van der Waals surface area contributed by atoms with Gasteiger partial charge in [0, 0.05) is 20.2 Å². The second-order valence-electron chi connectivity index (χ2n) is 4.43. The summed E-state index contributed by atoms with van der Waals surface area (Å²) >= 11 is 1.57. The zero-order chi connectivity index (χ0) is 13.9. The van der Waals surface area contributed by atoms with E-state index in [1.807, 2.05) is 55.4 Å². The summed E-state index contributed by atoms with van der Waals surface area (Å²) in [6.07, 6.45) is 1.64. The highest BCUT2D eigenvalue weighted by Crippen LogP contribution is 2.25. The van der Waals surface area contributed by atoms with Gasteiger partial charge in [0.25, 0.3) is 0 Å². The van der Waals surface area contributed by atoms with Gasteiger partial charge in [-0.1, -0.05) is 23.5 Å². The number of hydrogen-bond acceptors (Lipinski definition) is 6. The van der Waals surface area contributed by atoms with Crippen LogP contribution in [0.2, 0.25) is 0 Å². The number of fused-ring (bicyclic) bond motifs is 1. The van der Waals surface area contributed by atoms with Crippen molar-refractivity contribution in [1.82, 2.24) is 4.98 Å². The molecule has 0 bridgehead atoms. The molecule has 0 radical (unpaired) electrons. The molecule has 1 N–H and O–H groups in total. The number of nitrogens with one attached hydrogen (secondary N) is 1. The minimum Gasteiger partial charge on any atom is -0.440 e. The number of nitrogens with zero attached hydrogens (tertiary/aromatic N) is 3. The van der Waals surface area contributed by atoms with E-state index in [2.05, 4.69) is 15.5 Å². The Bertz CT molecular complexity index is 711. The second kappa shape index (κ2) is 5.34. The molecule has 6 heteroatoms. The third-order valence-electron chi connectivity index (χ3n) is 2.70. The fraction of sp³-hybridized carbons (Fsp3) is 0.143. The highest BCUT2D eigenvalue weighted by Gasteiger charge is 2.02. The van der Waals surface area contributed by atoms with Gasteiger partial charge in [-0.25, -0.2) is 4.98 Å². The zero-order valence-corrected chi connectivity index (χ0v) is 12.0. The molecule has 0 fully saturated rings. The predicted molar refractivity (Wildman–Crippen MR) is 83.9 cm³/mol. The summed E-state index contributed by atoms with van der Waals surface area (Å²) in [4.78, 5) is 6.33. The van der Waals surface area contributed by atoms with Crippen molar-refractivity contribution >= 4 is 38.8 Å². The number of para-hydroxylation sites is 1. The van der Waals surface area contributed by atoms with Crippen LogP contribution < -0.4 is 10.3 Å².